The first-order valence-corrected chi connectivity index (χ1v) is 8.77. The molecule has 2 N–H and O–H groups in total. The maximum Gasteiger partial charge on any atom is 0.345 e. The molecule has 0 aromatic heterocycles. The fraction of sp³-hybridized carbons (Fsp3) is 0.375. The summed E-state index contributed by atoms with van der Waals surface area (Å²) >= 11 is 7.18. The van der Waals surface area contributed by atoms with Gasteiger partial charge in [0.2, 0.25) is 5.91 Å². The van der Waals surface area contributed by atoms with Crippen LogP contribution in [0.1, 0.15) is 5.56 Å². The van der Waals surface area contributed by atoms with E-state index in [-0.39, 0.29) is 36.2 Å². The van der Waals surface area contributed by atoms with Gasteiger partial charge in [0, 0.05) is 12.4 Å². The zero-order valence-corrected chi connectivity index (χ0v) is 15.8. The zero-order valence-electron chi connectivity index (χ0n) is 13.4. The van der Waals surface area contributed by atoms with Gasteiger partial charge in [-0.15, -0.1) is 24.0 Å². The second kappa shape index (κ2) is 8.31. The summed E-state index contributed by atoms with van der Waals surface area (Å²) in [6.45, 7) is 0.489. The van der Waals surface area contributed by atoms with Crippen LogP contribution >= 0.6 is 35.8 Å². The molecule has 0 aliphatic carbocycles. The number of carbonyl (C=O) groups excluding carboxylic acids is 2. The number of hydrogen-bond acceptors (Lipinski definition) is 6. The van der Waals surface area contributed by atoms with Crippen molar-refractivity contribution < 1.29 is 19.1 Å². The number of nitrogens with two attached hydrogens (primary N) is 1. The van der Waals surface area contributed by atoms with Gasteiger partial charge >= 0.3 is 5.97 Å². The minimum atomic E-state index is -0.573. The van der Waals surface area contributed by atoms with E-state index in [9.17, 15) is 9.59 Å². The van der Waals surface area contributed by atoms with E-state index >= 15 is 0 Å². The molecule has 2 aliphatic heterocycles. The van der Waals surface area contributed by atoms with Crippen molar-refractivity contribution in [1.82, 2.24) is 4.90 Å². The average Bonchev–Trinajstić information content (AvgIpc) is 2.64. The standard InChI is InChI=1S/C16H17ClN2O4S.ClH/c1-22-11-4-2-9(3-5-11)8-23-16(21)13-10(6-17)7-19-14(20)12(18)15(19)24-13;/h2-5,12,15H,6-8,18H2,1H3;1H. The first-order valence-electron chi connectivity index (χ1n) is 7.36. The fourth-order valence-electron chi connectivity index (χ4n) is 2.57. The smallest absolute Gasteiger partial charge is 0.345 e. The Morgan fingerprint density at radius 2 is 2.08 bits per heavy atom. The average molecular weight is 405 g/mol. The highest BCUT2D eigenvalue weighted by Crippen LogP contribution is 2.41. The Kier molecular flexibility index (Phi) is 6.62. The quantitative estimate of drug-likeness (QED) is 0.458. The van der Waals surface area contributed by atoms with Crippen LogP contribution in [0.25, 0.3) is 0 Å². The number of halogens is 2. The molecule has 2 heterocycles. The molecule has 1 saturated heterocycles. The molecule has 1 fully saturated rings. The Morgan fingerprint density at radius 3 is 2.68 bits per heavy atom. The molecule has 0 spiro atoms. The van der Waals surface area contributed by atoms with Crippen LogP contribution in [-0.2, 0) is 20.9 Å². The van der Waals surface area contributed by atoms with Crippen LogP contribution in [-0.4, -0.2) is 47.7 Å². The number of alkyl halides is 1. The molecule has 2 aliphatic rings. The highest BCUT2D eigenvalue weighted by molar-refractivity contribution is 8.04. The van der Waals surface area contributed by atoms with E-state index in [2.05, 4.69) is 0 Å². The molecule has 2 atom stereocenters. The molecule has 0 bridgehead atoms. The number of carbonyl (C=O) groups is 2. The third kappa shape index (κ3) is 3.89. The molecular weight excluding hydrogens is 387 g/mol. The lowest BCUT2D eigenvalue weighted by molar-refractivity contribution is -0.144. The number of rotatable bonds is 5. The van der Waals surface area contributed by atoms with Crippen molar-refractivity contribution >= 4 is 47.6 Å². The number of esters is 1. The Bertz CT molecular complexity index is 696. The maximum absolute atomic E-state index is 12.4. The molecule has 136 valence electrons. The number of methoxy groups -OCH3 is 1. The Morgan fingerprint density at radius 1 is 1.40 bits per heavy atom. The monoisotopic (exact) mass is 404 g/mol. The zero-order chi connectivity index (χ0) is 17.3. The summed E-state index contributed by atoms with van der Waals surface area (Å²) in [7, 11) is 1.59. The molecule has 25 heavy (non-hydrogen) atoms. The molecule has 9 heteroatoms. The summed E-state index contributed by atoms with van der Waals surface area (Å²) in [5, 5.41) is -0.215. The first kappa shape index (κ1) is 19.9. The van der Waals surface area contributed by atoms with Crippen molar-refractivity contribution in [3.8, 4) is 5.75 Å². The van der Waals surface area contributed by atoms with E-state index in [0.29, 0.717) is 17.0 Å². The van der Waals surface area contributed by atoms with Gasteiger partial charge in [-0.25, -0.2) is 4.79 Å². The number of ether oxygens (including phenoxy) is 2. The van der Waals surface area contributed by atoms with Crippen LogP contribution in [0.2, 0.25) is 0 Å². The predicted octanol–water partition coefficient (Wildman–Crippen LogP) is 1.90. The summed E-state index contributed by atoms with van der Waals surface area (Å²) in [5.74, 6) is 0.369. The topological polar surface area (TPSA) is 81.9 Å². The van der Waals surface area contributed by atoms with Gasteiger partial charge in [0.25, 0.3) is 0 Å². The highest BCUT2D eigenvalue weighted by Gasteiger charge is 2.49. The molecule has 6 nitrogen and oxygen atoms in total. The summed E-state index contributed by atoms with van der Waals surface area (Å²) in [6.07, 6.45) is 0. The van der Waals surface area contributed by atoms with Gasteiger partial charge < -0.3 is 20.1 Å². The largest absolute Gasteiger partial charge is 0.497 e. The number of hydrogen-bond donors (Lipinski definition) is 1. The van der Waals surface area contributed by atoms with Crippen LogP contribution < -0.4 is 10.5 Å². The van der Waals surface area contributed by atoms with Crippen LogP contribution in [0.4, 0.5) is 0 Å². The summed E-state index contributed by atoms with van der Waals surface area (Å²) < 4.78 is 10.5. The molecule has 2 unspecified atom stereocenters. The van der Waals surface area contributed by atoms with Gasteiger partial charge in [0.1, 0.15) is 23.8 Å². The van der Waals surface area contributed by atoms with Crippen LogP contribution in [0.5, 0.6) is 5.75 Å². The SMILES string of the molecule is COc1ccc(COC(=O)C2=C(CCl)CN3C(=O)C(N)C3S2)cc1.Cl. The predicted molar refractivity (Wildman–Crippen MR) is 98.9 cm³/mol. The maximum atomic E-state index is 12.4. The molecule has 1 aromatic rings. The van der Waals surface area contributed by atoms with Crippen LogP contribution in [0, 0.1) is 0 Å². The molecule has 0 radical (unpaired) electrons. The highest BCUT2D eigenvalue weighted by atomic mass is 35.5. The van der Waals surface area contributed by atoms with E-state index in [1.807, 2.05) is 12.1 Å². The van der Waals surface area contributed by atoms with Gasteiger partial charge in [0.15, 0.2) is 0 Å². The number of β-lactam (4-membered cyclic amide) rings is 1. The van der Waals surface area contributed by atoms with Gasteiger partial charge in [-0.3, -0.25) is 4.79 Å². The van der Waals surface area contributed by atoms with Gasteiger partial charge in [-0.2, -0.15) is 0 Å². The van der Waals surface area contributed by atoms with Gasteiger partial charge in [0.05, 0.1) is 12.0 Å². The molecule has 3 rings (SSSR count). The lowest BCUT2D eigenvalue weighted by atomic mass is 10.1. The Hall–Kier alpha value is -1.41. The lowest BCUT2D eigenvalue weighted by Gasteiger charge is -2.48. The Labute approximate surface area is 161 Å². The van der Waals surface area contributed by atoms with Crippen molar-refractivity contribution in [2.75, 3.05) is 19.5 Å². The van der Waals surface area contributed by atoms with E-state index in [4.69, 9.17) is 26.8 Å². The minimum Gasteiger partial charge on any atom is -0.497 e. The fourth-order valence-corrected chi connectivity index (χ4v) is 4.13. The number of benzene rings is 1. The van der Waals surface area contributed by atoms with Gasteiger partial charge in [-0.05, 0) is 23.3 Å². The first-order chi connectivity index (χ1) is 11.5. The van der Waals surface area contributed by atoms with Crippen LogP contribution in [0.15, 0.2) is 34.7 Å². The Balaban J connectivity index is 0.00000225. The normalized spacial score (nSPS) is 21.9. The van der Waals surface area contributed by atoms with Crippen LogP contribution in [0.3, 0.4) is 0 Å². The van der Waals surface area contributed by atoms with Crippen molar-refractivity contribution in [3.05, 3.63) is 40.3 Å². The number of fused-ring (bicyclic) bond motifs is 1. The molecule has 1 amide bonds. The summed E-state index contributed by atoms with van der Waals surface area (Å²) in [6, 6.07) is 6.70. The van der Waals surface area contributed by atoms with Crippen molar-refractivity contribution in [2.24, 2.45) is 5.73 Å². The second-order valence-electron chi connectivity index (χ2n) is 5.49. The second-order valence-corrected chi connectivity index (χ2v) is 6.89. The number of thioether (sulfide) groups is 1. The number of amides is 1. The van der Waals surface area contributed by atoms with E-state index in [1.165, 1.54) is 11.8 Å². The minimum absolute atomic E-state index is 0. The number of nitrogens with zero attached hydrogens (tertiary/aromatic N) is 1. The third-order valence-electron chi connectivity index (χ3n) is 3.98. The van der Waals surface area contributed by atoms with Crippen molar-refractivity contribution in [1.29, 1.82) is 0 Å². The lowest BCUT2D eigenvalue weighted by Crippen LogP contribution is -2.68. The van der Waals surface area contributed by atoms with Crippen molar-refractivity contribution in [3.63, 3.8) is 0 Å². The molecular formula is C16H18Cl2N2O4S. The summed E-state index contributed by atoms with van der Waals surface area (Å²) in [4.78, 5) is 26.2. The van der Waals surface area contributed by atoms with E-state index < -0.39 is 12.0 Å². The van der Waals surface area contributed by atoms with E-state index in [0.717, 1.165) is 11.3 Å². The third-order valence-corrected chi connectivity index (χ3v) is 5.78. The summed E-state index contributed by atoms with van der Waals surface area (Å²) in [5.41, 5.74) is 7.34. The van der Waals surface area contributed by atoms with Gasteiger partial charge in [-0.1, -0.05) is 23.9 Å². The molecule has 0 saturated carbocycles. The molecule has 1 aromatic carbocycles. The van der Waals surface area contributed by atoms with Crippen molar-refractivity contribution in [2.45, 2.75) is 18.0 Å². The van der Waals surface area contributed by atoms with E-state index in [1.54, 1.807) is 24.1 Å².